The number of aliphatic hydroxyl groups is 1. The average molecular weight is 216 g/mol. The molecular weight excluding hydrogens is 211 g/mol. The van der Waals surface area contributed by atoms with Gasteiger partial charge in [0.1, 0.15) is 6.61 Å². The number of halogens is 1. The van der Waals surface area contributed by atoms with Crippen molar-refractivity contribution in [1.29, 1.82) is 0 Å². The van der Waals surface area contributed by atoms with Gasteiger partial charge in [-0.1, -0.05) is 0 Å². The van der Waals surface area contributed by atoms with Crippen molar-refractivity contribution >= 4 is 26.6 Å². The average Bonchev–Trinajstić information content (AvgIpc) is 1.61. The van der Waals surface area contributed by atoms with Gasteiger partial charge >= 0.3 is 3.98 Å². The third-order valence-corrected chi connectivity index (χ3v) is 0.618. The topological polar surface area (TPSA) is 46.5 Å². The van der Waals surface area contributed by atoms with Crippen LogP contribution in [0.2, 0.25) is 0 Å². The molecule has 0 atom stereocenters. The van der Waals surface area contributed by atoms with Crippen LogP contribution in [0.3, 0.4) is 0 Å². The molecule has 0 radical (unpaired) electrons. The molecular formula is C3H5IO3. The zero-order chi connectivity index (χ0) is 5.70. The molecule has 42 valence electrons. The summed E-state index contributed by atoms with van der Waals surface area (Å²) in [6.45, 7) is -0.00346. The summed E-state index contributed by atoms with van der Waals surface area (Å²) in [5.74, 6) is 0. The van der Waals surface area contributed by atoms with Crippen LogP contribution in [0.15, 0.2) is 0 Å². The van der Waals surface area contributed by atoms with Crippen LogP contribution < -0.4 is 0 Å². The van der Waals surface area contributed by atoms with Crippen LogP contribution in [0.4, 0.5) is 4.79 Å². The molecule has 4 heteroatoms. The van der Waals surface area contributed by atoms with E-state index in [0.29, 0.717) is 0 Å². The lowest BCUT2D eigenvalue weighted by molar-refractivity contribution is 0.144. The standard InChI is InChI=1S/C3H5IO3/c4-3(6)7-2-1-5/h5H,1-2H2. The summed E-state index contributed by atoms with van der Waals surface area (Å²) in [6, 6.07) is 0. The van der Waals surface area contributed by atoms with Gasteiger partial charge in [-0.3, -0.25) is 0 Å². The first-order valence-corrected chi connectivity index (χ1v) is 2.78. The zero-order valence-corrected chi connectivity index (χ0v) is 5.71. The van der Waals surface area contributed by atoms with E-state index >= 15 is 0 Å². The van der Waals surface area contributed by atoms with Gasteiger partial charge in [-0.05, 0) is 0 Å². The Hall–Kier alpha value is 0.160. The quantitative estimate of drug-likeness (QED) is 0.541. The predicted molar refractivity (Wildman–Crippen MR) is 32.5 cm³/mol. The SMILES string of the molecule is O=C(I)OCCO. The number of hydrogen-bond donors (Lipinski definition) is 1. The predicted octanol–water partition coefficient (Wildman–Crippen LogP) is 0.550. The van der Waals surface area contributed by atoms with E-state index in [1.807, 2.05) is 0 Å². The largest absolute Gasteiger partial charge is 0.456 e. The Balaban J connectivity index is 2.82. The lowest BCUT2D eigenvalue weighted by Crippen LogP contribution is -1.99. The third-order valence-electron chi connectivity index (χ3n) is 0.307. The number of aliphatic hydroxyl groups excluding tert-OH is 1. The highest BCUT2D eigenvalue weighted by atomic mass is 127. The van der Waals surface area contributed by atoms with Crippen LogP contribution in [0, 0.1) is 0 Å². The van der Waals surface area contributed by atoms with Gasteiger partial charge in [-0.15, -0.1) is 0 Å². The van der Waals surface area contributed by atoms with Crippen molar-refractivity contribution < 1.29 is 14.6 Å². The Labute approximate surface area is 54.8 Å². The number of ether oxygens (including phenoxy) is 1. The minimum Gasteiger partial charge on any atom is -0.456 e. The first-order chi connectivity index (χ1) is 3.27. The van der Waals surface area contributed by atoms with Gasteiger partial charge in [0.15, 0.2) is 0 Å². The normalized spacial score (nSPS) is 8.29. The Morgan fingerprint density at radius 2 is 2.43 bits per heavy atom. The first-order valence-electron chi connectivity index (χ1n) is 1.70. The summed E-state index contributed by atoms with van der Waals surface area (Å²) < 4.78 is 3.91. The summed E-state index contributed by atoms with van der Waals surface area (Å²) in [5, 5.41) is 8.03. The fraction of sp³-hybridized carbons (Fsp3) is 0.667. The Kier molecular flexibility index (Phi) is 4.42. The first kappa shape index (κ1) is 7.16. The van der Waals surface area contributed by atoms with Gasteiger partial charge in [0, 0.05) is 0 Å². The fourth-order valence-corrected chi connectivity index (χ4v) is 0.346. The zero-order valence-electron chi connectivity index (χ0n) is 3.56. The number of carbonyl (C=O) groups is 1. The minimum absolute atomic E-state index is 0.0990. The maximum atomic E-state index is 9.86. The van der Waals surface area contributed by atoms with Crippen molar-refractivity contribution in [3.05, 3.63) is 0 Å². The van der Waals surface area contributed by atoms with Crippen LogP contribution in [0.25, 0.3) is 0 Å². The van der Waals surface area contributed by atoms with Crippen molar-refractivity contribution in [1.82, 2.24) is 0 Å². The number of rotatable bonds is 2. The summed E-state index contributed by atoms with van der Waals surface area (Å²) >= 11 is 1.49. The maximum Gasteiger partial charge on any atom is 0.367 e. The Bertz CT molecular complexity index is 63.2. The molecule has 0 spiro atoms. The van der Waals surface area contributed by atoms with Crippen molar-refractivity contribution in [3.63, 3.8) is 0 Å². The van der Waals surface area contributed by atoms with Gasteiger partial charge in [-0.2, -0.15) is 0 Å². The molecule has 7 heavy (non-hydrogen) atoms. The van der Waals surface area contributed by atoms with Crippen LogP contribution >= 0.6 is 22.6 Å². The smallest absolute Gasteiger partial charge is 0.367 e. The summed E-state index contributed by atoms with van der Waals surface area (Å²) in [4.78, 5) is 9.86. The molecule has 0 aromatic carbocycles. The lowest BCUT2D eigenvalue weighted by Gasteiger charge is -1.91. The van der Waals surface area contributed by atoms with Crippen LogP contribution in [0.5, 0.6) is 0 Å². The second kappa shape index (κ2) is 4.32. The van der Waals surface area contributed by atoms with Crippen LogP contribution in [0.1, 0.15) is 0 Å². The van der Waals surface area contributed by atoms with Crippen molar-refractivity contribution in [3.8, 4) is 0 Å². The van der Waals surface area contributed by atoms with E-state index in [1.54, 1.807) is 0 Å². The van der Waals surface area contributed by atoms with E-state index in [0.717, 1.165) is 0 Å². The van der Waals surface area contributed by atoms with Gasteiger partial charge in [0.05, 0.1) is 29.2 Å². The molecule has 0 amide bonds. The van der Waals surface area contributed by atoms with Crippen molar-refractivity contribution in [2.45, 2.75) is 0 Å². The molecule has 0 aliphatic rings. The summed E-state index contributed by atoms with van der Waals surface area (Å²) in [6.07, 6.45) is 0. The molecule has 0 aliphatic carbocycles. The van der Waals surface area contributed by atoms with Crippen LogP contribution in [-0.4, -0.2) is 22.3 Å². The molecule has 0 unspecified atom stereocenters. The van der Waals surface area contributed by atoms with Gasteiger partial charge in [0.25, 0.3) is 0 Å². The highest BCUT2D eigenvalue weighted by Gasteiger charge is 1.88. The van der Waals surface area contributed by atoms with Gasteiger partial charge in [-0.25, -0.2) is 4.79 Å². The Morgan fingerprint density at radius 1 is 1.86 bits per heavy atom. The molecule has 0 fully saturated rings. The van der Waals surface area contributed by atoms with Gasteiger partial charge < -0.3 is 9.84 Å². The molecule has 3 nitrogen and oxygen atoms in total. The fourth-order valence-electron chi connectivity index (χ4n) is 0.126. The molecule has 0 saturated heterocycles. The van der Waals surface area contributed by atoms with E-state index in [2.05, 4.69) is 4.74 Å². The molecule has 0 rings (SSSR count). The molecule has 0 bridgehead atoms. The molecule has 0 aromatic rings. The maximum absolute atomic E-state index is 9.86. The van der Waals surface area contributed by atoms with E-state index < -0.39 is 0 Å². The van der Waals surface area contributed by atoms with E-state index in [9.17, 15) is 4.79 Å². The van der Waals surface area contributed by atoms with Crippen molar-refractivity contribution in [2.75, 3.05) is 13.2 Å². The van der Waals surface area contributed by atoms with E-state index in [4.69, 9.17) is 5.11 Å². The monoisotopic (exact) mass is 216 g/mol. The number of carbonyl (C=O) groups excluding carboxylic acids is 1. The second-order valence-corrected chi connectivity index (χ2v) is 1.69. The minimum atomic E-state index is -0.383. The van der Waals surface area contributed by atoms with E-state index in [1.165, 1.54) is 22.6 Å². The Morgan fingerprint density at radius 3 is 2.57 bits per heavy atom. The van der Waals surface area contributed by atoms with E-state index in [-0.39, 0.29) is 17.2 Å². The van der Waals surface area contributed by atoms with Crippen LogP contribution in [-0.2, 0) is 4.74 Å². The second-order valence-electron chi connectivity index (χ2n) is 0.810. The highest BCUT2D eigenvalue weighted by molar-refractivity contribution is 14.1. The van der Waals surface area contributed by atoms with Crippen molar-refractivity contribution in [2.24, 2.45) is 0 Å². The molecule has 1 N–H and O–H groups in total. The molecule has 0 aromatic heterocycles. The number of hydrogen-bond acceptors (Lipinski definition) is 3. The van der Waals surface area contributed by atoms with Gasteiger partial charge in [0.2, 0.25) is 0 Å². The highest BCUT2D eigenvalue weighted by Crippen LogP contribution is 1.88. The molecule has 0 heterocycles. The molecule has 0 saturated carbocycles. The third kappa shape index (κ3) is 6.16. The lowest BCUT2D eigenvalue weighted by atomic mass is 10.8. The summed E-state index contributed by atoms with van der Waals surface area (Å²) in [7, 11) is 0. The summed E-state index contributed by atoms with van der Waals surface area (Å²) in [5.41, 5.74) is 0. The molecule has 0 aliphatic heterocycles.